The van der Waals surface area contributed by atoms with Crippen LogP contribution in [0.25, 0.3) is 133 Å². The van der Waals surface area contributed by atoms with Gasteiger partial charge < -0.3 is 9.13 Å². The maximum absolute atomic E-state index is 9.49. The molecule has 0 aliphatic carbocycles. The Kier molecular flexibility index (Phi) is 7.41. The maximum atomic E-state index is 9.49. The predicted octanol–water partition coefficient (Wildman–Crippen LogP) is 15.6. The largest absolute Gasteiger partial charge is 0.309 e. The van der Waals surface area contributed by atoms with Gasteiger partial charge in [-0.25, -0.2) is 0 Å². The summed E-state index contributed by atoms with van der Waals surface area (Å²) in [5, 5.41) is 7.67. The highest BCUT2D eigenvalue weighted by atomic mass is 15.3. The van der Waals surface area contributed by atoms with Crippen LogP contribution in [0.5, 0.6) is 0 Å². The highest BCUT2D eigenvalue weighted by molar-refractivity contribution is 6.13. The van der Waals surface area contributed by atoms with Gasteiger partial charge in [-0.15, -0.1) is 0 Å². The highest BCUT2D eigenvalue weighted by Crippen LogP contribution is 2.43. The zero-order valence-corrected chi connectivity index (χ0v) is 37.3. The Bertz CT molecular complexity index is 4710. The third-order valence-electron chi connectivity index (χ3n) is 14.0. The molecule has 0 radical (unpaired) electrons. The van der Waals surface area contributed by atoms with Gasteiger partial charge in [-0.3, -0.25) is 9.13 Å². The van der Waals surface area contributed by atoms with Gasteiger partial charge in [-0.05, 0) is 77.8 Å². The molecule has 0 aliphatic heterocycles. The van der Waals surface area contributed by atoms with Crippen LogP contribution >= 0.6 is 0 Å². The first kappa shape index (κ1) is 34.7. The zero-order valence-electron chi connectivity index (χ0n) is 41.3. The molecule has 0 aliphatic rings. The fourth-order valence-corrected chi connectivity index (χ4v) is 11.1. The number of fused-ring (bicyclic) bond motifs is 12. The SMILES string of the molecule is [2H]c1c([2H])c([2H])c2c(c1[2H])c1ccccc1n2-c1nc(-c2c(-c3cccc(-n4c5ccccc5c5ccccc54)c3)cccc2-n2c3ccccc3c3ccccc32)nc(-n2c3ccccc3c3ccccc32)n1. The van der Waals surface area contributed by atoms with Crippen molar-refractivity contribution in [3.05, 3.63) is 236 Å². The summed E-state index contributed by atoms with van der Waals surface area (Å²) in [5.74, 6) is 0.912. The van der Waals surface area contributed by atoms with Crippen molar-refractivity contribution in [2.75, 3.05) is 0 Å². The average Bonchev–Trinajstić information content (AvgIpc) is 4.21. The van der Waals surface area contributed by atoms with Crippen molar-refractivity contribution in [2.24, 2.45) is 0 Å². The van der Waals surface area contributed by atoms with Crippen LogP contribution in [0.3, 0.4) is 0 Å². The molecule has 0 bridgehead atoms. The van der Waals surface area contributed by atoms with Crippen LogP contribution in [0.1, 0.15) is 5.48 Å². The Balaban J connectivity index is 1.10. The standard InChI is InChI=1S/C63H39N7/c1-9-30-51-43(21-1)44-22-2-10-31-52(44)67(51)41-20-17-19-40(39-41)42-29-18-38-59(68-53-32-11-3-23-45(53)46-24-4-12-33-54(46)68)60(42)61-64-62(69-55-34-13-5-25-47(55)48-26-6-14-35-56(48)69)66-63(65-61)70-57-36-15-7-27-49(57)50-28-8-16-37-58(50)70/h1-39H/i5D,13D,25D,34D. The van der Waals surface area contributed by atoms with Crippen LogP contribution in [-0.4, -0.2) is 33.2 Å². The van der Waals surface area contributed by atoms with E-state index in [9.17, 15) is 2.74 Å². The molecule has 326 valence electrons. The minimum atomic E-state index is -0.342. The third-order valence-corrected chi connectivity index (χ3v) is 14.0. The van der Waals surface area contributed by atoms with Crippen LogP contribution in [-0.2, 0) is 0 Å². The first-order chi connectivity index (χ1) is 36.4. The van der Waals surface area contributed by atoms with Gasteiger partial charge >= 0.3 is 0 Å². The summed E-state index contributed by atoms with van der Waals surface area (Å²) in [7, 11) is 0. The average molecular weight is 898 g/mol. The predicted molar refractivity (Wildman–Crippen MR) is 288 cm³/mol. The van der Waals surface area contributed by atoms with E-state index in [4.69, 9.17) is 17.7 Å². The van der Waals surface area contributed by atoms with Gasteiger partial charge in [0.05, 0.1) is 60.9 Å². The number of benzene rings is 10. The highest BCUT2D eigenvalue weighted by Gasteiger charge is 2.26. The molecule has 5 aromatic heterocycles. The first-order valence-electron chi connectivity index (χ1n) is 25.4. The van der Waals surface area contributed by atoms with E-state index in [1.165, 1.54) is 10.8 Å². The molecule has 7 nitrogen and oxygen atoms in total. The molecule has 10 aromatic carbocycles. The van der Waals surface area contributed by atoms with Crippen molar-refractivity contribution < 1.29 is 5.48 Å². The summed E-state index contributed by atoms with van der Waals surface area (Å²) in [6, 6.07) is 72.2. The third kappa shape index (κ3) is 5.54. The number of rotatable bonds is 6. The second kappa shape index (κ2) is 15.0. The van der Waals surface area contributed by atoms with Crippen molar-refractivity contribution in [3.8, 4) is 45.8 Å². The molecule has 0 spiro atoms. The summed E-state index contributed by atoms with van der Waals surface area (Å²) in [6.07, 6.45) is 0. The lowest BCUT2D eigenvalue weighted by Crippen LogP contribution is -2.11. The molecule has 0 fully saturated rings. The molecule has 70 heavy (non-hydrogen) atoms. The molecule has 15 aromatic rings. The van der Waals surface area contributed by atoms with E-state index in [-0.39, 0.29) is 35.6 Å². The minimum Gasteiger partial charge on any atom is -0.309 e. The van der Waals surface area contributed by atoms with Crippen LogP contribution in [0.4, 0.5) is 0 Å². The van der Waals surface area contributed by atoms with Crippen LogP contribution in [0.15, 0.2) is 236 Å². The number of aromatic nitrogens is 7. The number of hydrogen-bond acceptors (Lipinski definition) is 3. The second-order valence-corrected chi connectivity index (χ2v) is 17.7. The van der Waals surface area contributed by atoms with Gasteiger partial charge in [-0.2, -0.15) is 15.0 Å². The van der Waals surface area contributed by atoms with Crippen LogP contribution in [0, 0.1) is 0 Å². The van der Waals surface area contributed by atoms with E-state index in [1.54, 1.807) is 4.57 Å². The van der Waals surface area contributed by atoms with Gasteiger partial charge in [-0.1, -0.05) is 170 Å². The summed E-state index contributed by atoms with van der Waals surface area (Å²) in [6.45, 7) is 0. The quantitative estimate of drug-likeness (QED) is 0.167. The smallest absolute Gasteiger partial charge is 0.240 e. The summed E-state index contributed by atoms with van der Waals surface area (Å²) >= 11 is 0. The van der Waals surface area contributed by atoms with E-state index >= 15 is 0 Å². The molecule has 5 heterocycles. The lowest BCUT2D eigenvalue weighted by Gasteiger charge is -2.19. The molecule has 0 saturated heterocycles. The molecule has 0 saturated carbocycles. The van der Waals surface area contributed by atoms with Crippen LogP contribution < -0.4 is 0 Å². The Hall–Kier alpha value is -9.59. The molecule has 15 rings (SSSR count). The van der Waals surface area contributed by atoms with Gasteiger partial charge in [0.25, 0.3) is 0 Å². The van der Waals surface area contributed by atoms with E-state index < -0.39 is 0 Å². The van der Waals surface area contributed by atoms with Crippen LogP contribution in [0.2, 0.25) is 0 Å². The first-order valence-corrected chi connectivity index (χ1v) is 23.4. The van der Waals surface area contributed by atoms with Crippen molar-refractivity contribution in [1.29, 1.82) is 0 Å². The Morgan fingerprint density at radius 2 is 0.714 bits per heavy atom. The normalized spacial score (nSPS) is 12.8. The molecule has 0 atom stereocenters. The molecular formula is C63H39N7. The topological polar surface area (TPSA) is 58.4 Å². The Labute approximate surface area is 406 Å². The molecule has 0 unspecified atom stereocenters. The van der Waals surface area contributed by atoms with Gasteiger partial charge in [0.15, 0.2) is 5.82 Å². The van der Waals surface area contributed by atoms with E-state index in [1.807, 2.05) is 48.5 Å². The Morgan fingerprint density at radius 1 is 0.314 bits per heavy atom. The fraction of sp³-hybridized carbons (Fsp3) is 0. The van der Waals surface area contributed by atoms with Gasteiger partial charge in [0.1, 0.15) is 0 Å². The minimum absolute atomic E-state index is 0.130. The number of hydrogen-bond donors (Lipinski definition) is 0. The van der Waals surface area contributed by atoms with Crippen molar-refractivity contribution in [1.82, 2.24) is 33.2 Å². The lowest BCUT2D eigenvalue weighted by atomic mass is 9.96. The summed E-state index contributed by atoms with van der Waals surface area (Å²) in [4.78, 5) is 16.6. The van der Waals surface area contributed by atoms with E-state index in [2.05, 4.69) is 177 Å². The van der Waals surface area contributed by atoms with Crippen molar-refractivity contribution in [3.63, 3.8) is 0 Å². The molecular weight excluding hydrogens is 855 g/mol. The lowest BCUT2D eigenvalue weighted by molar-refractivity contribution is 0.892. The molecule has 0 amide bonds. The van der Waals surface area contributed by atoms with Gasteiger partial charge in [0.2, 0.25) is 11.9 Å². The fourth-order valence-electron chi connectivity index (χ4n) is 11.1. The van der Waals surface area contributed by atoms with Crippen molar-refractivity contribution >= 4 is 87.2 Å². The monoisotopic (exact) mass is 897 g/mol. The number of nitrogens with zero attached hydrogens (tertiary/aromatic N) is 7. The second-order valence-electron chi connectivity index (χ2n) is 17.7. The Morgan fingerprint density at radius 3 is 1.21 bits per heavy atom. The molecule has 0 N–H and O–H groups in total. The zero-order chi connectivity index (χ0) is 49.3. The summed E-state index contributed by atoms with van der Waals surface area (Å²) in [5.41, 5.74) is 11.3. The summed E-state index contributed by atoms with van der Waals surface area (Å²) < 4.78 is 45.0. The maximum Gasteiger partial charge on any atom is 0.240 e. The van der Waals surface area contributed by atoms with E-state index in [0.29, 0.717) is 28.1 Å². The number of para-hydroxylation sites is 8. The van der Waals surface area contributed by atoms with Crippen molar-refractivity contribution in [2.45, 2.75) is 0 Å². The molecule has 7 heteroatoms. The van der Waals surface area contributed by atoms with E-state index in [0.717, 1.165) is 82.7 Å². The van der Waals surface area contributed by atoms with Gasteiger partial charge in [0, 0.05) is 48.8 Å².